The minimum atomic E-state index is 0.150. The fourth-order valence-corrected chi connectivity index (χ4v) is 2.70. The van der Waals surface area contributed by atoms with Crippen molar-refractivity contribution in [3.63, 3.8) is 0 Å². The lowest BCUT2D eigenvalue weighted by Gasteiger charge is -2.32. The molecule has 4 heteroatoms. The lowest BCUT2D eigenvalue weighted by atomic mass is 10.0. The Labute approximate surface area is 127 Å². The summed E-state index contributed by atoms with van der Waals surface area (Å²) in [6.45, 7) is 5.71. The van der Waals surface area contributed by atoms with Gasteiger partial charge in [0.05, 0.1) is 12.5 Å². The highest BCUT2D eigenvalue weighted by Crippen LogP contribution is 2.17. The van der Waals surface area contributed by atoms with Gasteiger partial charge >= 0.3 is 0 Å². The predicted molar refractivity (Wildman–Crippen MR) is 84.6 cm³/mol. The number of carbonyl (C=O) groups excluding carboxylic acids is 1. The Morgan fingerprint density at radius 1 is 1.38 bits per heavy atom. The number of nitrogens with zero attached hydrogens (tertiary/aromatic N) is 1. The van der Waals surface area contributed by atoms with Crippen LogP contribution in [0.5, 0.6) is 5.75 Å². The van der Waals surface area contributed by atoms with Crippen LogP contribution in [0.3, 0.4) is 0 Å². The highest BCUT2D eigenvalue weighted by Gasteiger charge is 2.21. The van der Waals surface area contributed by atoms with Gasteiger partial charge in [-0.3, -0.25) is 4.79 Å². The van der Waals surface area contributed by atoms with Crippen molar-refractivity contribution in [3.8, 4) is 5.75 Å². The van der Waals surface area contributed by atoms with Crippen LogP contribution in [-0.2, 0) is 11.2 Å². The fourth-order valence-electron chi connectivity index (χ4n) is 2.70. The second-order valence-electron chi connectivity index (χ2n) is 5.93. The van der Waals surface area contributed by atoms with E-state index in [4.69, 9.17) is 4.74 Å². The normalized spacial score (nSPS) is 16.3. The molecule has 0 saturated carbocycles. The zero-order chi connectivity index (χ0) is 15.2. The Bertz CT molecular complexity index is 466. The van der Waals surface area contributed by atoms with Gasteiger partial charge in [-0.15, -0.1) is 0 Å². The quantitative estimate of drug-likeness (QED) is 0.904. The maximum absolute atomic E-state index is 12.4. The van der Waals surface area contributed by atoms with Crippen LogP contribution >= 0.6 is 0 Å². The zero-order valence-electron chi connectivity index (χ0n) is 13.3. The van der Waals surface area contributed by atoms with Crippen LogP contribution in [0.2, 0.25) is 0 Å². The lowest BCUT2D eigenvalue weighted by molar-refractivity contribution is -0.131. The Morgan fingerprint density at radius 3 is 2.71 bits per heavy atom. The number of benzene rings is 1. The molecule has 0 unspecified atom stereocenters. The predicted octanol–water partition coefficient (Wildman–Crippen LogP) is 2.23. The van der Waals surface area contributed by atoms with Crippen LogP contribution in [0.1, 0.15) is 32.3 Å². The second kappa shape index (κ2) is 7.46. The van der Waals surface area contributed by atoms with Gasteiger partial charge in [0.1, 0.15) is 5.75 Å². The number of carbonyl (C=O) groups is 1. The highest BCUT2D eigenvalue weighted by molar-refractivity contribution is 5.79. The van der Waals surface area contributed by atoms with E-state index >= 15 is 0 Å². The van der Waals surface area contributed by atoms with E-state index in [2.05, 4.69) is 5.32 Å². The number of ether oxygens (including phenoxy) is 1. The molecule has 1 saturated heterocycles. The molecule has 1 amide bonds. The van der Waals surface area contributed by atoms with Crippen molar-refractivity contribution in [3.05, 3.63) is 29.8 Å². The van der Waals surface area contributed by atoms with Crippen LogP contribution in [0.4, 0.5) is 0 Å². The number of hydrogen-bond donors (Lipinski definition) is 1. The van der Waals surface area contributed by atoms with E-state index < -0.39 is 0 Å². The molecule has 2 rings (SSSR count). The van der Waals surface area contributed by atoms with Crippen LogP contribution < -0.4 is 10.1 Å². The van der Waals surface area contributed by atoms with Crippen molar-refractivity contribution in [2.75, 3.05) is 20.1 Å². The van der Waals surface area contributed by atoms with E-state index in [1.54, 1.807) is 0 Å². The standard InChI is InChI=1S/C17H26N2O2/c1-13(2)21-16-6-4-5-14(11-16)12-17(20)19-9-7-15(18-3)8-10-19/h4-6,11,13,15,18H,7-10,12H2,1-3H3. The van der Waals surface area contributed by atoms with Crippen LogP contribution in [0, 0.1) is 0 Å². The van der Waals surface area contributed by atoms with Crippen molar-refractivity contribution < 1.29 is 9.53 Å². The smallest absolute Gasteiger partial charge is 0.226 e. The first-order chi connectivity index (χ1) is 10.1. The van der Waals surface area contributed by atoms with Gasteiger partial charge in [0.2, 0.25) is 5.91 Å². The van der Waals surface area contributed by atoms with Crippen molar-refractivity contribution >= 4 is 5.91 Å². The van der Waals surface area contributed by atoms with Gasteiger partial charge < -0.3 is 15.0 Å². The minimum Gasteiger partial charge on any atom is -0.491 e. The number of nitrogens with one attached hydrogen (secondary N) is 1. The molecule has 1 N–H and O–H groups in total. The molecule has 1 aliphatic rings. The van der Waals surface area contributed by atoms with Gasteiger partial charge in [-0.05, 0) is 51.4 Å². The fraction of sp³-hybridized carbons (Fsp3) is 0.588. The Hall–Kier alpha value is -1.55. The van der Waals surface area contributed by atoms with E-state index in [0.29, 0.717) is 12.5 Å². The monoisotopic (exact) mass is 290 g/mol. The number of hydrogen-bond acceptors (Lipinski definition) is 3. The van der Waals surface area contributed by atoms with Crippen LogP contribution in [-0.4, -0.2) is 43.1 Å². The number of likely N-dealkylation sites (tertiary alicyclic amines) is 1. The van der Waals surface area contributed by atoms with Crippen molar-refractivity contribution in [2.45, 2.75) is 45.3 Å². The average molecular weight is 290 g/mol. The maximum atomic E-state index is 12.4. The van der Waals surface area contributed by atoms with E-state index in [1.807, 2.05) is 50.1 Å². The Morgan fingerprint density at radius 2 is 2.10 bits per heavy atom. The summed E-state index contributed by atoms with van der Waals surface area (Å²) in [4.78, 5) is 14.3. The van der Waals surface area contributed by atoms with Gasteiger partial charge in [0, 0.05) is 19.1 Å². The number of amides is 1. The van der Waals surface area contributed by atoms with E-state index in [0.717, 1.165) is 37.2 Å². The van der Waals surface area contributed by atoms with E-state index in [-0.39, 0.29) is 12.0 Å². The molecule has 0 spiro atoms. The summed E-state index contributed by atoms with van der Waals surface area (Å²) in [5.41, 5.74) is 1.02. The molecule has 1 heterocycles. The molecule has 0 bridgehead atoms. The molecule has 0 radical (unpaired) electrons. The molecule has 1 fully saturated rings. The minimum absolute atomic E-state index is 0.150. The first-order valence-electron chi connectivity index (χ1n) is 7.79. The maximum Gasteiger partial charge on any atom is 0.226 e. The van der Waals surface area contributed by atoms with E-state index in [9.17, 15) is 4.79 Å². The van der Waals surface area contributed by atoms with Crippen LogP contribution in [0.25, 0.3) is 0 Å². The second-order valence-corrected chi connectivity index (χ2v) is 5.93. The molecule has 116 valence electrons. The third-order valence-electron chi connectivity index (χ3n) is 3.88. The van der Waals surface area contributed by atoms with Crippen molar-refractivity contribution in [1.29, 1.82) is 0 Å². The van der Waals surface area contributed by atoms with Gasteiger partial charge in [0.25, 0.3) is 0 Å². The summed E-state index contributed by atoms with van der Waals surface area (Å²) in [6.07, 6.45) is 2.69. The third kappa shape index (κ3) is 4.74. The van der Waals surface area contributed by atoms with Crippen LogP contribution in [0.15, 0.2) is 24.3 Å². The zero-order valence-corrected chi connectivity index (χ0v) is 13.3. The van der Waals surface area contributed by atoms with E-state index in [1.165, 1.54) is 0 Å². The first kappa shape index (κ1) is 15.8. The number of piperidine rings is 1. The molecule has 0 aliphatic carbocycles. The molecule has 1 aromatic carbocycles. The SMILES string of the molecule is CNC1CCN(C(=O)Cc2cccc(OC(C)C)c2)CC1. The summed E-state index contributed by atoms with van der Waals surface area (Å²) < 4.78 is 5.68. The molecule has 21 heavy (non-hydrogen) atoms. The molecule has 0 atom stereocenters. The molecule has 1 aliphatic heterocycles. The highest BCUT2D eigenvalue weighted by atomic mass is 16.5. The summed E-state index contributed by atoms with van der Waals surface area (Å²) in [5.74, 6) is 1.05. The first-order valence-corrected chi connectivity index (χ1v) is 7.79. The summed E-state index contributed by atoms with van der Waals surface area (Å²) in [5, 5.41) is 3.28. The topological polar surface area (TPSA) is 41.6 Å². The Kier molecular flexibility index (Phi) is 5.62. The summed E-state index contributed by atoms with van der Waals surface area (Å²) >= 11 is 0. The molecular weight excluding hydrogens is 264 g/mol. The van der Waals surface area contributed by atoms with Gasteiger partial charge in [-0.2, -0.15) is 0 Å². The number of rotatable bonds is 5. The van der Waals surface area contributed by atoms with Gasteiger partial charge in [-0.25, -0.2) is 0 Å². The Balaban J connectivity index is 1.90. The average Bonchev–Trinajstić information content (AvgIpc) is 2.47. The van der Waals surface area contributed by atoms with Crippen molar-refractivity contribution in [1.82, 2.24) is 10.2 Å². The largest absolute Gasteiger partial charge is 0.491 e. The van der Waals surface area contributed by atoms with Gasteiger partial charge in [0.15, 0.2) is 0 Å². The molecule has 1 aromatic rings. The molecule has 0 aromatic heterocycles. The summed E-state index contributed by atoms with van der Waals surface area (Å²) in [7, 11) is 1.99. The molecular formula is C17H26N2O2. The summed E-state index contributed by atoms with van der Waals surface area (Å²) in [6, 6.07) is 8.40. The van der Waals surface area contributed by atoms with Crippen molar-refractivity contribution in [2.24, 2.45) is 0 Å². The van der Waals surface area contributed by atoms with Gasteiger partial charge in [-0.1, -0.05) is 12.1 Å². The molecule has 4 nitrogen and oxygen atoms in total. The third-order valence-corrected chi connectivity index (χ3v) is 3.88. The lowest BCUT2D eigenvalue weighted by Crippen LogP contribution is -2.44.